The third-order valence-corrected chi connectivity index (χ3v) is 2.48. The highest BCUT2D eigenvalue weighted by atomic mass is 32.1. The number of carbonyl (C=O) groups is 1. The third-order valence-electron chi connectivity index (χ3n) is 2.22. The molecule has 0 spiro atoms. The van der Waals surface area contributed by atoms with E-state index in [9.17, 15) is 9.59 Å². The van der Waals surface area contributed by atoms with Crippen LogP contribution in [0, 0.1) is 4.77 Å². The monoisotopic (exact) mass is 276 g/mol. The Hall–Kier alpha value is -2.61. The first-order valence-electron chi connectivity index (χ1n) is 5.12. The van der Waals surface area contributed by atoms with Crippen LogP contribution in [0.5, 0.6) is 0 Å². The van der Waals surface area contributed by atoms with E-state index >= 15 is 0 Å². The first-order valence-corrected chi connectivity index (χ1v) is 5.53. The van der Waals surface area contributed by atoms with Crippen LogP contribution >= 0.6 is 12.2 Å². The molecule has 19 heavy (non-hydrogen) atoms. The maximum absolute atomic E-state index is 11.4. The van der Waals surface area contributed by atoms with Crippen LogP contribution in [0.15, 0.2) is 40.4 Å². The SMILES string of the molecule is O=C(O)c1ccc(/C=N/n2c(=O)cn[nH]c2=S)cc1. The fourth-order valence-electron chi connectivity index (χ4n) is 1.29. The zero-order valence-electron chi connectivity index (χ0n) is 9.48. The van der Waals surface area contributed by atoms with Crippen molar-refractivity contribution in [2.24, 2.45) is 5.10 Å². The van der Waals surface area contributed by atoms with E-state index in [-0.39, 0.29) is 10.3 Å². The van der Waals surface area contributed by atoms with Gasteiger partial charge in [-0.1, -0.05) is 12.1 Å². The molecule has 8 heteroatoms. The smallest absolute Gasteiger partial charge is 0.335 e. The predicted octanol–water partition coefficient (Wildman–Crippen LogP) is 0.881. The molecule has 0 radical (unpaired) electrons. The average molecular weight is 276 g/mol. The van der Waals surface area contributed by atoms with E-state index in [1.54, 1.807) is 12.1 Å². The molecule has 0 aliphatic carbocycles. The van der Waals surface area contributed by atoms with Crippen LogP contribution in [-0.2, 0) is 0 Å². The number of carboxylic acids is 1. The summed E-state index contributed by atoms with van der Waals surface area (Å²) >= 11 is 4.86. The fourth-order valence-corrected chi connectivity index (χ4v) is 1.48. The molecule has 0 fully saturated rings. The Morgan fingerprint density at radius 2 is 2.11 bits per heavy atom. The van der Waals surface area contributed by atoms with Crippen LogP contribution < -0.4 is 5.56 Å². The molecule has 0 unspecified atom stereocenters. The molecule has 96 valence electrons. The van der Waals surface area contributed by atoms with E-state index in [2.05, 4.69) is 15.3 Å². The van der Waals surface area contributed by atoms with Gasteiger partial charge in [0.15, 0.2) is 0 Å². The van der Waals surface area contributed by atoms with Crippen LogP contribution in [-0.4, -0.2) is 32.2 Å². The molecule has 0 aliphatic rings. The second kappa shape index (κ2) is 5.36. The summed E-state index contributed by atoms with van der Waals surface area (Å²) in [7, 11) is 0. The molecule has 2 N–H and O–H groups in total. The van der Waals surface area contributed by atoms with Gasteiger partial charge in [0, 0.05) is 0 Å². The number of nitrogens with one attached hydrogen (secondary N) is 1. The van der Waals surface area contributed by atoms with Gasteiger partial charge in [0.1, 0.15) is 6.20 Å². The van der Waals surface area contributed by atoms with Gasteiger partial charge in [-0.15, -0.1) is 0 Å². The molecular formula is C11H8N4O3S. The summed E-state index contributed by atoms with van der Waals surface area (Å²) in [5.74, 6) is -1.00. The molecule has 1 heterocycles. The minimum atomic E-state index is -1.00. The van der Waals surface area contributed by atoms with Crippen molar-refractivity contribution in [1.82, 2.24) is 14.9 Å². The molecule has 0 bridgehead atoms. The second-order valence-electron chi connectivity index (χ2n) is 3.50. The second-order valence-corrected chi connectivity index (χ2v) is 3.88. The third kappa shape index (κ3) is 2.99. The summed E-state index contributed by atoms with van der Waals surface area (Å²) in [6.45, 7) is 0. The predicted molar refractivity (Wildman–Crippen MR) is 70.1 cm³/mol. The number of H-pyrrole nitrogens is 1. The van der Waals surface area contributed by atoms with Crippen molar-refractivity contribution in [3.63, 3.8) is 0 Å². The number of hydrogen-bond donors (Lipinski definition) is 2. The highest BCUT2D eigenvalue weighted by molar-refractivity contribution is 7.71. The molecule has 0 amide bonds. The maximum atomic E-state index is 11.4. The minimum Gasteiger partial charge on any atom is -0.478 e. The van der Waals surface area contributed by atoms with Gasteiger partial charge in [0.25, 0.3) is 5.56 Å². The van der Waals surface area contributed by atoms with Crippen molar-refractivity contribution in [2.75, 3.05) is 0 Å². The van der Waals surface area contributed by atoms with Crippen LogP contribution in [0.1, 0.15) is 15.9 Å². The average Bonchev–Trinajstić information content (AvgIpc) is 2.38. The van der Waals surface area contributed by atoms with Crippen molar-refractivity contribution < 1.29 is 9.90 Å². The largest absolute Gasteiger partial charge is 0.478 e. The van der Waals surface area contributed by atoms with Gasteiger partial charge in [-0.05, 0) is 29.9 Å². The van der Waals surface area contributed by atoms with Crippen molar-refractivity contribution in [3.8, 4) is 0 Å². The van der Waals surface area contributed by atoms with Crippen molar-refractivity contribution in [1.29, 1.82) is 0 Å². The van der Waals surface area contributed by atoms with Gasteiger partial charge in [-0.3, -0.25) is 9.89 Å². The number of aromatic amines is 1. The molecule has 2 aromatic rings. The number of carboxylic acid groups (broad SMARTS) is 1. The van der Waals surface area contributed by atoms with Crippen LogP contribution in [0.3, 0.4) is 0 Å². The van der Waals surface area contributed by atoms with E-state index in [0.29, 0.717) is 5.56 Å². The Morgan fingerprint density at radius 1 is 1.42 bits per heavy atom. The molecule has 7 nitrogen and oxygen atoms in total. The Bertz CT molecular complexity index is 717. The summed E-state index contributed by atoms with van der Waals surface area (Å²) in [5, 5.41) is 18.6. The topological polar surface area (TPSA) is 100 Å². The zero-order valence-corrected chi connectivity index (χ0v) is 10.3. The van der Waals surface area contributed by atoms with Gasteiger partial charge < -0.3 is 5.11 Å². The Morgan fingerprint density at radius 3 is 2.68 bits per heavy atom. The number of benzene rings is 1. The summed E-state index contributed by atoms with van der Waals surface area (Å²) in [6.07, 6.45) is 2.46. The van der Waals surface area contributed by atoms with Gasteiger partial charge in [-0.2, -0.15) is 14.9 Å². The van der Waals surface area contributed by atoms with Gasteiger partial charge in [0.05, 0.1) is 11.8 Å². The molecular weight excluding hydrogens is 268 g/mol. The lowest BCUT2D eigenvalue weighted by atomic mass is 10.1. The number of nitrogens with zero attached hydrogens (tertiary/aromatic N) is 3. The van der Waals surface area contributed by atoms with Gasteiger partial charge in [-0.25, -0.2) is 4.79 Å². The van der Waals surface area contributed by atoms with Crippen molar-refractivity contribution in [2.45, 2.75) is 0 Å². The normalized spacial score (nSPS) is 10.7. The van der Waals surface area contributed by atoms with E-state index in [4.69, 9.17) is 17.3 Å². The molecule has 1 aromatic carbocycles. The number of aromatic carboxylic acids is 1. The summed E-state index contributed by atoms with van der Waals surface area (Å²) in [6, 6.07) is 6.04. The van der Waals surface area contributed by atoms with Crippen molar-refractivity contribution in [3.05, 3.63) is 56.7 Å². The highest BCUT2D eigenvalue weighted by Gasteiger charge is 2.00. The number of hydrogen-bond acceptors (Lipinski definition) is 5. The van der Waals surface area contributed by atoms with Crippen LogP contribution in [0.25, 0.3) is 0 Å². The molecule has 2 rings (SSSR count). The van der Waals surface area contributed by atoms with E-state index in [1.807, 2.05) is 0 Å². The standard InChI is InChI=1S/C11H8N4O3S/c16-9-6-12-14-11(19)15(9)13-5-7-1-3-8(4-2-7)10(17)18/h1-6H,(H,14,19)(H,17,18)/b13-5+. The maximum Gasteiger partial charge on any atom is 0.335 e. The Labute approximate surface area is 111 Å². The first-order chi connectivity index (χ1) is 9.08. The lowest BCUT2D eigenvalue weighted by Gasteiger charge is -1.97. The minimum absolute atomic E-state index is 0.0749. The fraction of sp³-hybridized carbons (Fsp3) is 0. The van der Waals surface area contributed by atoms with Gasteiger partial charge in [0.2, 0.25) is 4.77 Å². The quantitative estimate of drug-likeness (QED) is 0.640. The Balaban J connectivity index is 2.31. The first kappa shape index (κ1) is 12.8. The number of rotatable bonds is 3. The molecule has 0 saturated carbocycles. The highest BCUT2D eigenvalue weighted by Crippen LogP contribution is 2.02. The number of aromatic nitrogens is 3. The van der Waals surface area contributed by atoms with E-state index in [0.717, 1.165) is 10.9 Å². The summed E-state index contributed by atoms with van der Waals surface area (Å²) in [5.41, 5.74) is 0.362. The van der Waals surface area contributed by atoms with E-state index in [1.165, 1.54) is 18.3 Å². The lowest BCUT2D eigenvalue weighted by molar-refractivity contribution is 0.0697. The molecule has 0 aliphatic heterocycles. The van der Waals surface area contributed by atoms with Crippen molar-refractivity contribution >= 4 is 24.4 Å². The molecule has 1 aromatic heterocycles. The van der Waals surface area contributed by atoms with Gasteiger partial charge >= 0.3 is 5.97 Å². The van der Waals surface area contributed by atoms with Crippen LogP contribution in [0.4, 0.5) is 0 Å². The summed E-state index contributed by atoms with van der Waals surface area (Å²) in [4.78, 5) is 22.1. The Kier molecular flexibility index (Phi) is 3.62. The molecule has 0 atom stereocenters. The summed E-state index contributed by atoms with van der Waals surface area (Å²) < 4.78 is 1.05. The molecule has 0 saturated heterocycles. The lowest BCUT2D eigenvalue weighted by Crippen LogP contribution is -2.18. The van der Waals surface area contributed by atoms with E-state index < -0.39 is 11.5 Å². The van der Waals surface area contributed by atoms with Crippen LogP contribution in [0.2, 0.25) is 0 Å². The zero-order chi connectivity index (χ0) is 13.8.